The first-order valence-corrected chi connectivity index (χ1v) is 18.5. The molecule has 12 nitrogen and oxygen atoms in total. The highest BCUT2D eigenvalue weighted by atomic mass is 16.6. The molecule has 12 heteroatoms. The largest absolute Gasteiger partial charge is 0.461 e. The van der Waals surface area contributed by atoms with E-state index in [0.717, 1.165) is 0 Å². The van der Waals surface area contributed by atoms with Gasteiger partial charge in [-0.25, -0.2) is 9.59 Å². The van der Waals surface area contributed by atoms with E-state index in [1.807, 2.05) is 6.07 Å². The fourth-order valence-electron chi connectivity index (χ4n) is 5.76. The smallest absolute Gasteiger partial charge is 0.343 e. The first kappa shape index (κ1) is 39.9. The van der Waals surface area contributed by atoms with E-state index < -0.39 is 36.0 Å². The Labute approximate surface area is 344 Å². The standard InChI is InChI=1S/C48H35N3O9/c52-43(49-37-16-22-40(23-17-37)58-46(55)31-10-4-1-5-11-31)34-28-35(44(53)50-38-18-24-41(25-19-38)59-47(56)32-12-6-2-7-13-32)30-36(29-34)45(54)51-39-20-26-42(27-21-39)60-48(57)33-14-8-3-9-15-33/h1-30,46,55H,(H,49,52)(H,50,53)(H,51,54). The van der Waals surface area contributed by atoms with Crippen LogP contribution in [0.4, 0.5) is 17.1 Å². The Kier molecular flexibility index (Phi) is 12.4. The zero-order chi connectivity index (χ0) is 41.8. The zero-order valence-electron chi connectivity index (χ0n) is 31.6. The summed E-state index contributed by atoms with van der Waals surface area (Å²) in [5.41, 5.74) is 2.41. The van der Waals surface area contributed by atoms with E-state index in [4.69, 9.17) is 14.2 Å². The fourth-order valence-corrected chi connectivity index (χ4v) is 5.76. The molecule has 0 radical (unpaired) electrons. The van der Waals surface area contributed by atoms with Crippen LogP contribution in [-0.4, -0.2) is 34.8 Å². The van der Waals surface area contributed by atoms with Crippen molar-refractivity contribution in [2.45, 2.75) is 6.29 Å². The van der Waals surface area contributed by atoms with Gasteiger partial charge in [-0.15, -0.1) is 0 Å². The maximum Gasteiger partial charge on any atom is 0.343 e. The Hall–Kier alpha value is -8.35. The molecule has 0 heterocycles. The summed E-state index contributed by atoms with van der Waals surface area (Å²) in [6, 6.07) is 48.4. The van der Waals surface area contributed by atoms with Crippen molar-refractivity contribution in [2.75, 3.05) is 16.0 Å². The molecule has 1 unspecified atom stereocenters. The SMILES string of the molecule is O=C(Nc1ccc(OC(=O)c2ccccc2)cc1)c1cc(C(=O)Nc2ccc(OC(=O)c3ccccc3)cc2)cc(C(=O)Nc2ccc(OC(O)c3ccccc3)cc2)c1. The Morgan fingerprint density at radius 3 is 1.05 bits per heavy atom. The third kappa shape index (κ3) is 10.5. The Morgan fingerprint density at radius 1 is 0.383 bits per heavy atom. The number of amides is 3. The lowest BCUT2D eigenvalue weighted by atomic mass is 10.0. The normalized spacial score (nSPS) is 11.0. The van der Waals surface area contributed by atoms with E-state index in [2.05, 4.69) is 16.0 Å². The number of hydrogen-bond acceptors (Lipinski definition) is 9. The predicted octanol–water partition coefficient (Wildman–Crippen LogP) is 8.95. The monoisotopic (exact) mass is 797 g/mol. The van der Waals surface area contributed by atoms with Crippen LogP contribution in [0.1, 0.15) is 63.6 Å². The summed E-state index contributed by atoms with van der Waals surface area (Å²) >= 11 is 0. The number of anilines is 3. The molecule has 0 aromatic heterocycles. The Morgan fingerprint density at radius 2 is 0.700 bits per heavy atom. The van der Waals surface area contributed by atoms with Crippen LogP contribution in [0, 0.1) is 0 Å². The van der Waals surface area contributed by atoms with Crippen LogP contribution in [0.5, 0.6) is 17.2 Å². The highest BCUT2D eigenvalue weighted by Gasteiger charge is 2.19. The molecule has 0 fully saturated rings. The lowest BCUT2D eigenvalue weighted by Crippen LogP contribution is -2.19. The molecule has 0 aliphatic heterocycles. The van der Waals surface area contributed by atoms with Gasteiger partial charge in [-0.1, -0.05) is 66.7 Å². The first-order valence-electron chi connectivity index (χ1n) is 18.5. The summed E-state index contributed by atoms with van der Waals surface area (Å²) in [6.45, 7) is 0. The Balaban J connectivity index is 1.07. The molecule has 0 spiro atoms. The molecule has 7 aromatic carbocycles. The average molecular weight is 798 g/mol. The van der Waals surface area contributed by atoms with Crippen LogP contribution in [-0.2, 0) is 0 Å². The molecule has 4 N–H and O–H groups in total. The summed E-state index contributed by atoms with van der Waals surface area (Å²) in [4.78, 5) is 65.9. The maximum absolute atomic E-state index is 13.7. The lowest BCUT2D eigenvalue weighted by Gasteiger charge is -2.14. The molecule has 7 aromatic rings. The number of benzene rings is 7. The molecular formula is C48H35N3O9. The van der Waals surface area contributed by atoms with Crippen molar-refractivity contribution < 1.29 is 43.3 Å². The number of aliphatic hydroxyl groups is 1. The quantitative estimate of drug-likeness (QED) is 0.0506. The molecule has 3 amide bonds. The van der Waals surface area contributed by atoms with Gasteiger partial charge in [-0.2, -0.15) is 0 Å². The van der Waals surface area contributed by atoms with Gasteiger partial charge < -0.3 is 35.3 Å². The van der Waals surface area contributed by atoms with Crippen molar-refractivity contribution in [2.24, 2.45) is 0 Å². The second kappa shape index (κ2) is 18.7. The summed E-state index contributed by atoms with van der Waals surface area (Å²) in [5.74, 6) is -2.09. The average Bonchev–Trinajstić information content (AvgIpc) is 3.29. The zero-order valence-corrected chi connectivity index (χ0v) is 31.6. The topological polar surface area (TPSA) is 169 Å². The van der Waals surface area contributed by atoms with Gasteiger partial charge in [-0.3, -0.25) is 14.4 Å². The third-order valence-electron chi connectivity index (χ3n) is 8.83. The number of ether oxygens (including phenoxy) is 3. The lowest BCUT2D eigenvalue weighted by molar-refractivity contribution is -0.0194. The van der Waals surface area contributed by atoms with Gasteiger partial charge in [0.25, 0.3) is 17.7 Å². The number of rotatable bonds is 13. The first-order chi connectivity index (χ1) is 29.2. The highest BCUT2D eigenvalue weighted by molar-refractivity contribution is 6.13. The van der Waals surface area contributed by atoms with E-state index in [-0.39, 0.29) is 28.2 Å². The minimum absolute atomic E-state index is 0.000953. The molecule has 0 saturated heterocycles. The molecular weight excluding hydrogens is 763 g/mol. The number of esters is 2. The molecule has 0 saturated carbocycles. The summed E-state index contributed by atoms with van der Waals surface area (Å²) < 4.78 is 16.5. The molecule has 0 bridgehead atoms. The number of carbonyl (C=O) groups excluding carboxylic acids is 5. The van der Waals surface area contributed by atoms with Crippen LogP contribution in [0.3, 0.4) is 0 Å². The van der Waals surface area contributed by atoms with Gasteiger partial charge in [-0.05, 0) is 115 Å². The second-order valence-corrected chi connectivity index (χ2v) is 13.1. The number of nitrogens with one attached hydrogen (secondary N) is 3. The van der Waals surface area contributed by atoms with Crippen molar-refractivity contribution in [3.05, 3.63) is 215 Å². The summed E-state index contributed by atoms with van der Waals surface area (Å²) in [6.07, 6.45) is -1.20. The van der Waals surface area contributed by atoms with Crippen molar-refractivity contribution >= 4 is 46.7 Å². The van der Waals surface area contributed by atoms with Crippen molar-refractivity contribution in [3.8, 4) is 17.2 Å². The molecule has 0 aliphatic rings. The van der Waals surface area contributed by atoms with Gasteiger partial charge in [0.1, 0.15) is 17.2 Å². The fraction of sp³-hybridized carbons (Fsp3) is 0.0208. The van der Waals surface area contributed by atoms with Crippen molar-refractivity contribution in [1.29, 1.82) is 0 Å². The predicted molar refractivity (Wildman–Crippen MR) is 224 cm³/mol. The van der Waals surface area contributed by atoms with Crippen LogP contribution in [0.25, 0.3) is 0 Å². The molecule has 296 valence electrons. The molecule has 60 heavy (non-hydrogen) atoms. The minimum Gasteiger partial charge on any atom is -0.461 e. The van der Waals surface area contributed by atoms with E-state index in [9.17, 15) is 29.1 Å². The summed E-state index contributed by atoms with van der Waals surface area (Å²) in [7, 11) is 0. The molecule has 0 aliphatic carbocycles. The van der Waals surface area contributed by atoms with E-state index in [1.165, 1.54) is 42.5 Å². The Bertz CT molecular complexity index is 2490. The van der Waals surface area contributed by atoms with Crippen LogP contribution < -0.4 is 30.2 Å². The van der Waals surface area contributed by atoms with Gasteiger partial charge in [0, 0.05) is 39.3 Å². The van der Waals surface area contributed by atoms with E-state index in [0.29, 0.717) is 39.5 Å². The van der Waals surface area contributed by atoms with Crippen molar-refractivity contribution in [1.82, 2.24) is 0 Å². The van der Waals surface area contributed by atoms with Crippen LogP contribution in [0.2, 0.25) is 0 Å². The second-order valence-electron chi connectivity index (χ2n) is 13.1. The van der Waals surface area contributed by atoms with Crippen molar-refractivity contribution in [3.63, 3.8) is 0 Å². The number of aliphatic hydroxyl groups excluding tert-OH is 1. The van der Waals surface area contributed by atoms with Gasteiger partial charge >= 0.3 is 11.9 Å². The summed E-state index contributed by atoms with van der Waals surface area (Å²) in [5, 5.41) is 18.7. The maximum atomic E-state index is 13.7. The van der Waals surface area contributed by atoms with Gasteiger partial charge in [0.2, 0.25) is 6.29 Å². The highest BCUT2D eigenvalue weighted by Crippen LogP contribution is 2.24. The van der Waals surface area contributed by atoms with Gasteiger partial charge in [0.15, 0.2) is 0 Å². The molecule has 1 atom stereocenters. The van der Waals surface area contributed by atoms with E-state index in [1.54, 1.807) is 133 Å². The van der Waals surface area contributed by atoms with Crippen LogP contribution >= 0.6 is 0 Å². The minimum atomic E-state index is -1.20. The van der Waals surface area contributed by atoms with E-state index >= 15 is 0 Å². The molecule has 7 rings (SSSR count). The third-order valence-corrected chi connectivity index (χ3v) is 8.83. The number of carbonyl (C=O) groups is 5. The van der Waals surface area contributed by atoms with Crippen LogP contribution in [0.15, 0.2) is 182 Å². The van der Waals surface area contributed by atoms with Gasteiger partial charge in [0.05, 0.1) is 11.1 Å². The number of hydrogen-bond donors (Lipinski definition) is 4.